The van der Waals surface area contributed by atoms with Crippen molar-refractivity contribution in [2.45, 2.75) is 419 Å². The zero-order valence-corrected chi connectivity index (χ0v) is 64.5. The van der Waals surface area contributed by atoms with Crippen molar-refractivity contribution in [2.24, 2.45) is 11.8 Å². The number of esters is 4. The fourth-order valence-corrected chi connectivity index (χ4v) is 13.4. The van der Waals surface area contributed by atoms with Gasteiger partial charge in [-0.15, -0.1) is 0 Å². The largest absolute Gasteiger partial charge is 0.472 e. The molecule has 0 amide bonds. The Labute approximate surface area is 588 Å². The number of rotatable bonds is 76. The Morgan fingerprint density at radius 3 is 0.792 bits per heavy atom. The summed E-state index contributed by atoms with van der Waals surface area (Å²) in [6.45, 7) is 9.66. The maximum Gasteiger partial charge on any atom is 0.472 e. The van der Waals surface area contributed by atoms with E-state index >= 15 is 0 Å². The summed E-state index contributed by atoms with van der Waals surface area (Å²) in [6.07, 6.45) is 56.8. The molecule has 0 aliphatic carbocycles. The lowest BCUT2D eigenvalue weighted by molar-refractivity contribution is -0.161. The highest BCUT2D eigenvalue weighted by atomic mass is 31.2. The van der Waals surface area contributed by atoms with Gasteiger partial charge in [-0.05, 0) is 37.5 Å². The van der Waals surface area contributed by atoms with Gasteiger partial charge in [0.05, 0.1) is 26.4 Å². The van der Waals surface area contributed by atoms with Crippen LogP contribution in [0.15, 0.2) is 0 Å². The molecule has 3 N–H and O–H groups in total. The van der Waals surface area contributed by atoms with E-state index in [1.807, 2.05) is 0 Å². The predicted molar refractivity (Wildman–Crippen MR) is 391 cm³/mol. The van der Waals surface area contributed by atoms with Gasteiger partial charge in [-0.2, -0.15) is 0 Å². The molecule has 0 aliphatic rings. The van der Waals surface area contributed by atoms with E-state index in [1.165, 1.54) is 218 Å². The van der Waals surface area contributed by atoms with Crippen LogP contribution < -0.4 is 0 Å². The zero-order valence-electron chi connectivity index (χ0n) is 62.7. The molecular weight excluding hydrogens is 1260 g/mol. The van der Waals surface area contributed by atoms with E-state index in [9.17, 15) is 43.2 Å². The van der Waals surface area contributed by atoms with Gasteiger partial charge >= 0.3 is 39.5 Å². The van der Waals surface area contributed by atoms with E-state index < -0.39 is 97.5 Å². The number of aliphatic hydroxyl groups excluding tert-OH is 1. The quantitative estimate of drug-likeness (QED) is 0.0222. The molecular formula is C77H150O17P2. The molecule has 0 saturated heterocycles. The topological polar surface area (TPSA) is 237 Å². The summed E-state index contributed by atoms with van der Waals surface area (Å²) in [4.78, 5) is 72.8. The Kier molecular flexibility index (Phi) is 67.4. The third-order valence-corrected chi connectivity index (χ3v) is 20.2. The number of unbranched alkanes of at least 4 members (excludes halogenated alkanes) is 45. The average molecular weight is 1410 g/mol. The molecule has 96 heavy (non-hydrogen) atoms. The summed E-state index contributed by atoms with van der Waals surface area (Å²) in [5.74, 6) is -0.484. The lowest BCUT2D eigenvalue weighted by atomic mass is 9.99. The van der Waals surface area contributed by atoms with Crippen molar-refractivity contribution in [3.8, 4) is 0 Å². The lowest BCUT2D eigenvalue weighted by Crippen LogP contribution is -2.30. The van der Waals surface area contributed by atoms with Gasteiger partial charge < -0.3 is 33.8 Å². The van der Waals surface area contributed by atoms with Crippen LogP contribution in [-0.4, -0.2) is 96.7 Å². The van der Waals surface area contributed by atoms with Gasteiger partial charge in [0.25, 0.3) is 0 Å². The first-order chi connectivity index (χ1) is 46.4. The third-order valence-electron chi connectivity index (χ3n) is 18.3. The maximum atomic E-state index is 13.1. The number of hydrogen-bond acceptors (Lipinski definition) is 15. The van der Waals surface area contributed by atoms with Crippen molar-refractivity contribution < 1.29 is 80.2 Å². The Morgan fingerprint density at radius 1 is 0.302 bits per heavy atom. The van der Waals surface area contributed by atoms with Gasteiger partial charge in [0, 0.05) is 25.7 Å². The van der Waals surface area contributed by atoms with Crippen LogP contribution in [0, 0.1) is 11.8 Å². The number of hydrogen-bond donors (Lipinski definition) is 3. The average Bonchev–Trinajstić information content (AvgIpc) is 1.76. The number of ether oxygens (including phenoxy) is 4. The Bertz CT molecular complexity index is 1860. The first kappa shape index (κ1) is 94.1. The monoisotopic (exact) mass is 1410 g/mol. The minimum atomic E-state index is -4.96. The molecule has 0 aromatic carbocycles. The molecule has 0 aromatic rings. The molecule has 3 unspecified atom stereocenters. The van der Waals surface area contributed by atoms with Crippen LogP contribution in [0.1, 0.15) is 401 Å². The summed E-state index contributed by atoms with van der Waals surface area (Å²) in [5, 5.41) is 10.6. The number of carbonyl (C=O) groups is 4. The molecule has 0 heterocycles. The van der Waals surface area contributed by atoms with Gasteiger partial charge in [0.2, 0.25) is 0 Å². The highest BCUT2D eigenvalue weighted by molar-refractivity contribution is 7.47. The second kappa shape index (κ2) is 68.8. The SMILES string of the molecule is CCCCCCCCCCCCCC(=O)O[C@H](COC(=O)CCCCCCCCCCCC)COP(=O)(O)OC[C@H](O)COP(=O)(O)OC[C@@H](COC(=O)CCCCCCCCCCCCC(C)CC)OC(=O)CCCCCCCCCCCCCCCCCCCCC(C)C. The molecule has 0 aromatic heterocycles. The first-order valence-electron chi connectivity index (χ1n) is 40.0. The molecule has 0 rings (SSSR count). The molecule has 0 aliphatic heterocycles. The summed E-state index contributed by atoms with van der Waals surface area (Å²) >= 11 is 0. The summed E-state index contributed by atoms with van der Waals surface area (Å²) in [7, 11) is -9.91. The van der Waals surface area contributed by atoms with Crippen LogP contribution in [0.2, 0.25) is 0 Å². The van der Waals surface area contributed by atoms with Gasteiger partial charge in [0.15, 0.2) is 12.2 Å². The second-order valence-electron chi connectivity index (χ2n) is 28.5. The molecule has 570 valence electrons. The number of carbonyl (C=O) groups excluding carboxylic acids is 4. The first-order valence-corrected chi connectivity index (χ1v) is 43.0. The van der Waals surface area contributed by atoms with Crippen molar-refractivity contribution in [1.29, 1.82) is 0 Å². The standard InChI is InChI=1S/C77H150O17P2/c1-7-10-12-14-16-18-28-37-43-49-55-61-76(81)93-72(65-87-74(79)59-53-47-41-35-19-17-15-13-11-8-2)67-91-95(83,84)89-63-71(78)64-90-96(85,86)92-68-73(66-88-75(80)60-54-48-42-36-32-31-34-40-46-52-58-70(6)9-3)94-77(82)62-56-50-44-38-30-27-25-23-21-20-22-24-26-29-33-39-45-51-57-69(4)5/h69-73,78H,7-68H2,1-6H3,(H,83,84)(H,85,86)/t70?,71-,72+,73+/m0/s1. The number of phosphoric acid groups is 2. The van der Waals surface area contributed by atoms with Crippen molar-refractivity contribution in [3.63, 3.8) is 0 Å². The Morgan fingerprint density at radius 2 is 0.531 bits per heavy atom. The van der Waals surface area contributed by atoms with Crippen molar-refractivity contribution in [2.75, 3.05) is 39.6 Å². The molecule has 0 fully saturated rings. The van der Waals surface area contributed by atoms with Crippen molar-refractivity contribution >= 4 is 39.5 Å². The van der Waals surface area contributed by atoms with Crippen LogP contribution in [0.5, 0.6) is 0 Å². The molecule has 0 saturated carbocycles. The van der Waals surface area contributed by atoms with Gasteiger partial charge in [-0.25, -0.2) is 9.13 Å². The normalized spacial score (nSPS) is 14.3. The van der Waals surface area contributed by atoms with E-state index in [2.05, 4.69) is 41.5 Å². The highest BCUT2D eigenvalue weighted by Crippen LogP contribution is 2.45. The van der Waals surface area contributed by atoms with E-state index in [4.69, 9.17) is 37.0 Å². The fraction of sp³-hybridized carbons (Fsp3) is 0.948. The van der Waals surface area contributed by atoms with Gasteiger partial charge in [-0.3, -0.25) is 37.3 Å². The molecule has 0 radical (unpaired) electrons. The smallest absolute Gasteiger partial charge is 0.462 e. The maximum absolute atomic E-state index is 13.1. The minimum absolute atomic E-state index is 0.107. The summed E-state index contributed by atoms with van der Waals surface area (Å²) in [6, 6.07) is 0. The number of phosphoric ester groups is 2. The third kappa shape index (κ3) is 69.2. The fourth-order valence-electron chi connectivity index (χ4n) is 11.8. The van der Waals surface area contributed by atoms with Crippen LogP contribution >= 0.6 is 15.6 Å². The van der Waals surface area contributed by atoms with Crippen molar-refractivity contribution in [1.82, 2.24) is 0 Å². The molecule has 0 bridgehead atoms. The lowest BCUT2D eigenvalue weighted by Gasteiger charge is -2.21. The second-order valence-corrected chi connectivity index (χ2v) is 31.4. The van der Waals surface area contributed by atoms with Crippen LogP contribution in [0.3, 0.4) is 0 Å². The number of aliphatic hydroxyl groups is 1. The molecule has 0 spiro atoms. The van der Waals surface area contributed by atoms with Crippen molar-refractivity contribution in [3.05, 3.63) is 0 Å². The Hall–Kier alpha value is -1.94. The van der Waals surface area contributed by atoms with E-state index in [1.54, 1.807) is 0 Å². The van der Waals surface area contributed by atoms with Crippen LogP contribution in [0.25, 0.3) is 0 Å². The Balaban J connectivity index is 5.20. The minimum Gasteiger partial charge on any atom is -0.462 e. The molecule has 19 heteroatoms. The van der Waals surface area contributed by atoms with E-state index in [0.717, 1.165) is 102 Å². The van der Waals surface area contributed by atoms with E-state index in [-0.39, 0.29) is 25.7 Å². The van der Waals surface area contributed by atoms with Gasteiger partial charge in [-0.1, -0.05) is 350 Å². The molecule has 17 nitrogen and oxygen atoms in total. The van der Waals surface area contributed by atoms with Crippen LogP contribution in [-0.2, 0) is 65.4 Å². The highest BCUT2D eigenvalue weighted by Gasteiger charge is 2.30. The predicted octanol–water partition coefficient (Wildman–Crippen LogP) is 22.7. The zero-order chi connectivity index (χ0) is 70.7. The van der Waals surface area contributed by atoms with E-state index in [0.29, 0.717) is 25.7 Å². The van der Waals surface area contributed by atoms with Gasteiger partial charge in [0.1, 0.15) is 19.3 Å². The summed E-state index contributed by atoms with van der Waals surface area (Å²) in [5.41, 5.74) is 0. The molecule has 6 atom stereocenters. The van der Waals surface area contributed by atoms with Crippen LogP contribution in [0.4, 0.5) is 0 Å². The summed E-state index contributed by atoms with van der Waals surface area (Å²) < 4.78 is 68.5.